The van der Waals surface area contributed by atoms with Gasteiger partial charge in [0.05, 0.1) is 6.17 Å². The van der Waals surface area contributed by atoms with Crippen LogP contribution >= 0.6 is 0 Å². The number of hydrogen-bond acceptors (Lipinski definition) is 4. The summed E-state index contributed by atoms with van der Waals surface area (Å²) < 4.78 is 0. The number of hydrogen-bond donors (Lipinski definition) is 4. The van der Waals surface area contributed by atoms with Crippen LogP contribution in [0.5, 0.6) is 0 Å². The van der Waals surface area contributed by atoms with Gasteiger partial charge < -0.3 is 0 Å². The largest absolute Gasteiger partial charge is 0.251 e. The Morgan fingerprint density at radius 3 is 1.39 bits per heavy atom. The maximum atomic E-state index is 3.36. The van der Waals surface area contributed by atoms with E-state index < -0.39 is 0 Å². The Morgan fingerprint density at radius 1 is 0.722 bits per heavy atom. The molecule has 0 aromatic heterocycles. The Balaban J connectivity index is 4.16. The number of hydrazine groups is 2. The smallest absolute Gasteiger partial charge is 0.0832 e. The summed E-state index contributed by atoms with van der Waals surface area (Å²) >= 11 is 0. The average Bonchev–Trinajstić information content (AvgIpc) is 2.13. The fraction of sp³-hybridized carbons (Fsp3) is 1.00. The maximum Gasteiger partial charge on any atom is 0.0832 e. The summed E-state index contributed by atoms with van der Waals surface area (Å²) in [6.45, 7) is 17.4. The van der Waals surface area contributed by atoms with Crippen molar-refractivity contribution in [3.8, 4) is 0 Å². The summed E-state index contributed by atoms with van der Waals surface area (Å²) in [5.41, 5.74) is 13.5. The van der Waals surface area contributed by atoms with Crippen LogP contribution in [0.3, 0.4) is 0 Å². The van der Waals surface area contributed by atoms with E-state index in [4.69, 9.17) is 0 Å². The van der Waals surface area contributed by atoms with Gasteiger partial charge in [-0.2, -0.15) is 0 Å². The van der Waals surface area contributed by atoms with Crippen molar-refractivity contribution >= 4 is 0 Å². The van der Waals surface area contributed by atoms with Crippen molar-refractivity contribution in [1.29, 1.82) is 0 Å². The zero-order chi connectivity index (χ0) is 14.4. The quantitative estimate of drug-likeness (QED) is 0.419. The molecular weight excluding hydrogens is 224 g/mol. The predicted molar refractivity (Wildman–Crippen MR) is 79.9 cm³/mol. The molecule has 0 unspecified atom stereocenters. The van der Waals surface area contributed by atoms with Crippen LogP contribution in [0.4, 0.5) is 0 Å². The van der Waals surface area contributed by atoms with Crippen molar-refractivity contribution in [1.82, 2.24) is 21.7 Å². The summed E-state index contributed by atoms with van der Waals surface area (Å²) in [6.07, 6.45) is 2.51. The van der Waals surface area contributed by atoms with E-state index in [1.54, 1.807) is 0 Å². The Hall–Kier alpha value is -0.160. The van der Waals surface area contributed by atoms with Crippen molar-refractivity contribution in [2.24, 2.45) is 5.92 Å². The molecule has 4 heteroatoms. The molecule has 0 aliphatic carbocycles. The number of rotatable bonds is 7. The van der Waals surface area contributed by atoms with Gasteiger partial charge in [-0.1, -0.05) is 13.8 Å². The highest BCUT2D eigenvalue weighted by Crippen LogP contribution is 2.06. The second-order valence-corrected chi connectivity index (χ2v) is 7.56. The first-order valence-electron chi connectivity index (χ1n) is 7.05. The third-order valence-electron chi connectivity index (χ3n) is 2.28. The van der Waals surface area contributed by atoms with Gasteiger partial charge in [0.2, 0.25) is 0 Å². The van der Waals surface area contributed by atoms with E-state index >= 15 is 0 Å². The molecule has 0 aliphatic rings. The first-order valence-corrected chi connectivity index (χ1v) is 7.05. The Labute approximate surface area is 114 Å². The summed E-state index contributed by atoms with van der Waals surface area (Å²) in [5, 5.41) is 0. The molecule has 0 aliphatic heterocycles. The monoisotopic (exact) mass is 258 g/mol. The molecule has 0 spiro atoms. The Kier molecular flexibility index (Phi) is 7.37. The molecule has 110 valence electrons. The third kappa shape index (κ3) is 12.3. The Morgan fingerprint density at radius 2 is 1.11 bits per heavy atom. The van der Waals surface area contributed by atoms with Crippen LogP contribution in [0.2, 0.25) is 0 Å². The molecular formula is C14H34N4. The van der Waals surface area contributed by atoms with Crippen molar-refractivity contribution in [2.75, 3.05) is 0 Å². The second kappa shape index (κ2) is 7.43. The van der Waals surface area contributed by atoms with Gasteiger partial charge in [-0.15, -0.1) is 0 Å². The molecule has 0 saturated carbocycles. The summed E-state index contributed by atoms with van der Waals surface area (Å²) in [4.78, 5) is 0. The molecule has 0 amide bonds. The summed E-state index contributed by atoms with van der Waals surface area (Å²) in [7, 11) is 0. The standard InChI is InChI=1S/C14H34N4/c1-11(2)9-10-12(15-17-13(3,4)5)16-18-14(6,7)8/h11-12,15-18H,9-10H2,1-8H3. The van der Waals surface area contributed by atoms with Gasteiger partial charge in [-0.25, -0.2) is 10.9 Å². The SMILES string of the molecule is CC(C)CCC(NNC(C)(C)C)NNC(C)(C)C. The molecule has 0 aromatic rings. The lowest BCUT2D eigenvalue weighted by atomic mass is 10.1. The van der Waals surface area contributed by atoms with Gasteiger partial charge in [0.15, 0.2) is 0 Å². The molecule has 0 radical (unpaired) electrons. The van der Waals surface area contributed by atoms with E-state index in [2.05, 4.69) is 77.1 Å². The van der Waals surface area contributed by atoms with Crippen LogP contribution in [0.15, 0.2) is 0 Å². The molecule has 0 aromatic carbocycles. The highest BCUT2D eigenvalue weighted by atomic mass is 15.5. The maximum absolute atomic E-state index is 3.36. The average molecular weight is 258 g/mol. The highest BCUT2D eigenvalue weighted by Gasteiger charge is 2.16. The normalized spacial score (nSPS) is 13.7. The van der Waals surface area contributed by atoms with Crippen molar-refractivity contribution in [2.45, 2.75) is 85.5 Å². The molecule has 0 bridgehead atoms. The predicted octanol–water partition coefficient (Wildman–Crippen LogP) is 2.53. The van der Waals surface area contributed by atoms with Crippen LogP contribution < -0.4 is 21.7 Å². The minimum Gasteiger partial charge on any atom is -0.251 e. The summed E-state index contributed by atoms with van der Waals surface area (Å²) in [6, 6.07) is 0. The first-order chi connectivity index (χ1) is 7.99. The molecule has 18 heavy (non-hydrogen) atoms. The van der Waals surface area contributed by atoms with Crippen molar-refractivity contribution in [3.05, 3.63) is 0 Å². The third-order valence-corrected chi connectivity index (χ3v) is 2.28. The molecule has 4 nitrogen and oxygen atoms in total. The Bertz CT molecular complexity index is 195. The minimum atomic E-state index is 0.0689. The van der Waals surface area contributed by atoms with Crippen LogP contribution in [0.25, 0.3) is 0 Å². The number of nitrogens with one attached hydrogen (secondary N) is 4. The molecule has 0 heterocycles. The lowest BCUT2D eigenvalue weighted by molar-refractivity contribution is 0.223. The first kappa shape index (κ1) is 17.8. The van der Waals surface area contributed by atoms with Gasteiger partial charge in [0.1, 0.15) is 0 Å². The van der Waals surface area contributed by atoms with E-state index in [9.17, 15) is 0 Å². The van der Waals surface area contributed by atoms with Crippen molar-refractivity contribution < 1.29 is 0 Å². The molecule has 0 atom stereocenters. The van der Waals surface area contributed by atoms with E-state index in [1.807, 2.05) is 0 Å². The van der Waals surface area contributed by atoms with Crippen LogP contribution in [0.1, 0.15) is 68.2 Å². The van der Waals surface area contributed by atoms with Gasteiger partial charge in [-0.05, 0) is 60.3 Å². The minimum absolute atomic E-state index is 0.0689. The fourth-order valence-corrected chi connectivity index (χ4v) is 1.29. The topological polar surface area (TPSA) is 48.1 Å². The van der Waals surface area contributed by atoms with Crippen LogP contribution in [-0.2, 0) is 0 Å². The fourth-order valence-electron chi connectivity index (χ4n) is 1.29. The van der Waals surface area contributed by atoms with Crippen LogP contribution in [-0.4, -0.2) is 17.2 Å². The molecule has 4 N–H and O–H groups in total. The molecule has 0 fully saturated rings. The van der Waals surface area contributed by atoms with E-state index in [0.717, 1.165) is 12.3 Å². The highest BCUT2D eigenvalue weighted by molar-refractivity contribution is 4.73. The van der Waals surface area contributed by atoms with Crippen LogP contribution in [0, 0.1) is 5.92 Å². The second-order valence-electron chi connectivity index (χ2n) is 7.56. The van der Waals surface area contributed by atoms with Gasteiger partial charge in [0.25, 0.3) is 0 Å². The lowest BCUT2D eigenvalue weighted by Crippen LogP contribution is -2.61. The van der Waals surface area contributed by atoms with E-state index in [-0.39, 0.29) is 17.2 Å². The van der Waals surface area contributed by atoms with Gasteiger partial charge in [-0.3, -0.25) is 10.9 Å². The lowest BCUT2D eigenvalue weighted by Gasteiger charge is -2.31. The molecule has 0 rings (SSSR count). The van der Waals surface area contributed by atoms with Crippen molar-refractivity contribution in [3.63, 3.8) is 0 Å². The van der Waals surface area contributed by atoms with Gasteiger partial charge in [0, 0.05) is 11.1 Å². The summed E-state index contributed by atoms with van der Waals surface area (Å²) in [5.74, 6) is 0.723. The van der Waals surface area contributed by atoms with Gasteiger partial charge >= 0.3 is 0 Å². The zero-order valence-electron chi connectivity index (χ0n) is 13.6. The van der Waals surface area contributed by atoms with E-state index in [1.165, 1.54) is 6.42 Å². The van der Waals surface area contributed by atoms with E-state index in [0.29, 0.717) is 0 Å². The molecule has 0 saturated heterocycles. The zero-order valence-corrected chi connectivity index (χ0v) is 13.6.